The number of amidine groups is 1. The predicted octanol–water partition coefficient (Wildman–Crippen LogP) is 2.39. The summed E-state index contributed by atoms with van der Waals surface area (Å²) < 4.78 is 0. The Morgan fingerprint density at radius 3 is 2.86 bits per heavy atom. The van der Waals surface area contributed by atoms with Crippen molar-refractivity contribution < 1.29 is 5.21 Å². The molecule has 76 valence electrons. The molecule has 14 heavy (non-hydrogen) atoms. The van der Waals surface area contributed by atoms with Gasteiger partial charge in [0, 0.05) is 17.1 Å². The highest BCUT2D eigenvalue weighted by molar-refractivity contribution is 6.31. The minimum absolute atomic E-state index is 0.451. The number of hydrogen-bond acceptors (Lipinski definition) is 2. The summed E-state index contributed by atoms with van der Waals surface area (Å²) >= 11 is 5.95. The zero-order chi connectivity index (χ0) is 10.6. The van der Waals surface area contributed by atoms with Crippen LogP contribution in [0.5, 0.6) is 0 Å². The molecule has 2 N–H and O–H groups in total. The Morgan fingerprint density at radius 2 is 2.29 bits per heavy atom. The van der Waals surface area contributed by atoms with E-state index in [9.17, 15) is 0 Å². The van der Waals surface area contributed by atoms with E-state index in [1.807, 2.05) is 26.0 Å². The first-order valence-corrected chi connectivity index (χ1v) is 4.78. The summed E-state index contributed by atoms with van der Waals surface area (Å²) in [5.41, 5.74) is 3.81. The third kappa shape index (κ3) is 2.25. The van der Waals surface area contributed by atoms with Crippen molar-refractivity contribution in [2.45, 2.75) is 13.8 Å². The average Bonchev–Trinajstić information content (AvgIpc) is 2.19. The molecular weight excluding hydrogens is 200 g/mol. The summed E-state index contributed by atoms with van der Waals surface area (Å²) in [6.45, 7) is 4.40. The first-order valence-electron chi connectivity index (χ1n) is 4.40. The van der Waals surface area contributed by atoms with Crippen molar-refractivity contribution in [2.24, 2.45) is 4.99 Å². The number of halogens is 1. The van der Waals surface area contributed by atoms with Gasteiger partial charge in [-0.1, -0.05) is 23.7 Å². The predicted molar refractivity (Wildman–Crippen MR) is 58.2 cm³/mol. The van der Waals surface area contributed by atoms with Gasteiger partial charge in [-0.05, 0) is 25.5 Å². The fraction of sp³-hybridized carbons (Fsp3) is 0.300. The van der Waals surface area contributed by atoms with Gasteiger partial charge in [-0.15, -0.1) is 0 Å². The highest BCUT2D eigenvalue weighted by Gasteiger charge is 2.07. The van der Waals surface area contributed by atoms with Gasteiger partial charge in [0.1, 0.15) is 0 Å². The van der Waals surface area contributed by atoms with Crippen LogP contribution >= 0.6 is 11.6 Å². The molecule has 0 aliphatic carbocycles. The molecule has 0 aliphatic rings. The van der Waals surface area contributed by atoms with Gasteiger partial charge in [-0.25, -0.2) is 0 Å². The Morgan fingerprint density at radius 1 is 1.57 bits per heavy atom. The summed E-state index contributed by atoms with van der Waals surface area (Å²) in [6.07, 6.45) is 0. The summed E-state index contributed by atoms with van der Waals surface area (Å²) in [5, 5.41) is 9.57. The van der Waals surface area contributed by atoms with E-state index in [1.54, 1.807) is 6.07 Å². The minimum Gasteiger partial charge on any atom is -0.290 e. The van der Waals surface area contributed by atoms with Crippen LogP contribution in [-0.2, 0) is 0 Å². The molecule has 4 heteroatoms. The zero-order valence-corrected chi connectivity index (χ0v) is 8.97. The lowest BCUT2D eigenvalue weighted by molar-refractivity contribution is 0.234. The lowest BCUT2D eigenvalue weighted by Crippen LogP contribution is -2.21. The molecule has 0 aromatic heterocycles. The molecule has 0 saturated heterocycles. The molecule has 0 bridgehead atoms. The lowest BCUT2D eigenvalue weighted by Gasteiger charge is -2.08. The summed E-state index contributed by atoms with van der Waals surface area (Å²) in [4.78, 5) is 4.11. The van der Waals surface area contributed by atoms with Crippen molar-refractivity contribution in [3.8, 4) is 0 Å². The van der Waals surface area contributed by atoms with Crippen molar-refractivity contribution in [3.63, 3.8) is 0 Å². The van der Waals surface area contributed by atoms with Crippen molar-refractivity contribution in [1.82, 2.24) is 5.48 Å². The number of rotatable bonds is 2. The molecule has 1 aromatic rings. The van der Waals surface area contributed by atoms with E-state index in [0.717, 1.165) is 11.1 Å². The molecule has 0 saturated carbocycles. The molecule has 3 nitrogen and oxygen atoms in total. The van der Waals surface area contributed by atoms with E-state index in [-0.39, 0.29) is 0 Å². The fourth-order valence-electron chi connectivity index (χ4n) is 1.20. The topological polar surface area (TPSA) is 44.6 Å². The number of benzene rings is 1. The van der Waals surface area contributed by atoms with E-state index in [4.69, 9.17) is 16.8 Å². The molecule has 0 atom stereocenters. The monoisotopic (exact) mass is 212 g/mol. The van der Waals surface area contributed by atoms with Crippen LogP contribution < -0.4 is 5.48 Å². The molecule has 0 heterocycles. The highest BCUT2D eigenvalue weighted by Crippen LogP contribution is 2.18. The summed E-state index contributed by atoms with van der Waals surface area (Å²) in [6, 6.07) is 5.49. The third-order valence-corrected chi connectivity index (χ3v) is 2.35. The molecule has 0 unspecified atom stereocenters. The fourth-order valence-corrected chi connectivity index (χ4v) is 1.38. The summed E-state index contributed by atoms with van der Waals surface area (Å²) in [7, 11) is 0. The van der Waals surface area contributed by atoms with Crippen LogP contribution in [0.2, 0.25) is 5.02 Å². The Hall–Kier alpha value is -1.06. The van der Waals surface area contributed by atoms with Crippen molar-refractivity contribution >= 4 is 17.4 Å². The van der Waals surface area contributed by atoms with Crippen molar-refractivity contribution in [1.29, 1.82) is 0 Å². The van der Waals surface area contributed by atoms with Crippen LogP contribution in [0.15, 0.2) is 23.2 Å². The van der Waals surface area contributed by atoms with Gasteiger partial charge in [-0.2, -0.15) is 0 Å². The van der Waals surface area contributed by atoms with Gasteiger partial charge >= 0.3 is 0 Å². The van der Waals surface area contributed by atoms with E-state index >= 15 is 0 Å². The van der Waals surface area contributed by atoms with Gasteiger partial charge in [-0.3, -0.25) is 15.7 Å². The molecule has 1 aromatic carbocycles. The van der Waals surface area contributed by atoms with Crippen LogP contribution in [0.4, 0.5) is 0 Å². The van der Waals surface area contributed by atoms with E-state index in [2.05, 4.69) is 10.5 Å². The maximum absolute atomic E-state index is 8.90. The van der Waals surface area contributed by atoms with Crippen LogP contribution in [-0.4, -0.2) is 17.6 Å². The average molecular weight is 213 g/mol. The first-order chi connectivity index (χ1) is 6.70. The number of nitrogens with zero attached hydrogens (tertiary/aromatic N) is 1. The van der Waals surface area contributed by atoms with Crippen LogP contribution in [0.25, 0.3) is 0 Å². The van der Waals surface area contributed by atoms with Crippen LogP contribution in [0, 0.1) is 6.92 Å². The van der Waals surface area contributed by atoms with Gasteiger partial charge in [0.05, 0.1) is 0 Å². The SMILES string of the molecule is CCN=C(NO)c1cccc(Cl)c1C. The van der Waals surface area contributed by atoms with E-state index in [1.165, 1.54) is 0 Å². The highest BCUT2D eigenvalue weighted by atomic mass is 35.5. The Bertz CT molecular complexity index is 350. The number of hydroxylamine groups is 1. The number of hydrogen-bond donors (Lipinski definition) is 2. The molecule has 0 spiro atoms. The first kappa shape index (κ1) is 11.0. The molecule has 0 radical (unpaired) electrons. The number of aliphatic imine (C=N–C) groups is 1. The normalized spacial score (nSPS) is 11.6. The Balaban J connectivity index is 3.17. The second-order valence-electron chi connectivity index (χ2n) is 2.85. The van der Waals surface area contributed by atoms with E-state index in [0.29, 0.717) is 17.4 Å². The zero-order valence-electron chi connectivity index (χ0n) is 8.21. The minimum atomic E-state index is 0.451. The maximum Gasteiger partial charge on any atom is 0.152 e. The second-order valence-corrected chi connectivity index (χ2v) is 3.25. The Kier molecular flexibility index (Phi) is 3.92. The van der Waals surface area contributed by atoms with Gasteiger partial charge in [0.15, 0.2) is 5.84 Å². The molecular formula is C10H13ClN2O. The van der Waals surface area contributed by atoms with Gasteiger partial charge in [0.2, 0.25) is 0 Å². The Labute approximate surface area is 88.4 Å². The standard InChI is InChI=1S/C10H13ClN2O/c1-3-12-10(13-14)8-5-4-6-9(11)7(8)2/h4-6,14H,3H2,1-2H3,(H,12,13). The summed E-state index contributed by atoms with van der Waals surface area (Å²) in [5.74, 6) is 0.451. The quantitative estimate of drug-likeness (QED) is 0.449. The third-order valence-electron chi connectivity index (χ3n) is 1.94. The van der Waals surface area contributed by atoms with Crippen molar-refractivity contribution in [2.75, 3.05) is 6.54 Å². The van der Waals surface area contributed by atoms with Crippen molar-refractivity contribution in [3.05, 3.63) is 34.3 Å². The van der Waals surface area contributed by atoms with Crippen LogP contribution in [0.3, 0.4) is 0 Å². The van der Waals surface area contributed by atoms with E-state index < -0.39 is 0 Å². The molecule has 0 aliphatic heterocycles. The largest absolute Gasteiger partial charge is 0.290 e. The molecule has 1 rings (SSSR count). The number of nitrogens with one attached hydrogen (secondary N) is 1. The maximum atomic E-state index is 8.90. The molecule has 0 fully saturated rings. The smallest absolute Gasteiger partial charge is 0.152 e. The van der Waals surface area contributed by atoms with Gasteiger partial charge in [0.25, 0.3) is 0 Å². The van der Waals surface area contributed by atoms with Gasteiger partial charge < -0.3 is 0 Å². The molecule has 0 amide bonds. The second kappa shape index (κ2) is 4.98. The van der Waals surface area contributed by atoms with Crippen LogP contribution in [0.1, 0.15) is 18.1 Å². The lowest BCUT2D eigenvalue weighted by atomic mass is 10.1.